The molecule has 6 fully saturated rings. The van der Waals surface area contributed by atoms with Gasteiger partial charge >= 0.3 is 5.97 Å². The second-order valence-corrected chi connectivity index (χ2v) is 23.9. The molecule has 4 aliphatic carbocycles. The topological polar surface area (TPSA) is 372 Å². The number of carbonyl (C=O) groups is 1. The fourth-order valence-corrected chi connectivity index (χ4v) is 14.2. The standard InChI is InChI=1S/C54H82O24/c1-21(20-69-49-42(63)41(62)38(59)33(18-55)73-49)7-8-25-15-30(48(67)68)29-17-32-28-10-9-26-16-27(11-13-53(26,5)31(28)12-14-54(32,6)35(29)22(25)2)72-52-47(76-78-51-44(65)40(61)37(58)24(4)71-51)45(66)46(34(19-56)74-52)75-77-50-43(64)39(60)36(57)23(3)70-50/h9,15,21,23-24,27-28,31-34,36-47,49-52,55-66H,7-8,10-14,16-20H2,1-6H3,(H,67,68)/t21?,23-,24-,27-,28+,31-,32-,33+,34+,36-,37-,38+,39+,40+,41-,42+,43+,44+,45-,46+,47+,49+,50-,51-,52+,53-,54-/m0/s1. The maximum Gasteiger partial charge on any atom is 0.335 e. The highest BCUT2D eigenvalue weighted by Crippen LogP contribution is 2.65. The Hall–Kier alpha value is -2.45. The number of hydrogen-bond acceptors (Lipinski definition) is 23. The van der Waals surface area contributed by atoms with Crippen molar-refractivity contribution in [1.82, 2.24) is 0 Å². The van der Waals surface area contributed by atoms with Crippen LogP contribution in [0.3, 0.4) is 0 Å². The Labute approximate surface area is 452 Å². The summed E-state index contributed by atoms with van der Waals surface area (Å²) >= 11 is 0. The molecular formula is C54H82O24. The van der Waals surface area contributed by atoms with Crippen LogP contribution in [0.1, 0.15) is 112 Å². The fourth-order valence-electron chi connectivity index (χ4n) is 14.2. The van der Waals surface area contributed by atoms with Gasteiger partial charge < -0.3 is 94.8 Å². The second-order valence-electron chi connectivity index (χ2n) is 23.9. The van der Waals surface area contributed by atoms with Crippen molar-refractivity contribution in [3.05, 3.63) is 45.5 Å². The normalized spacial score (nSPS) is 46.8. The van der Waals surface area contributed by atoms with Crippen LogP contribution >= 0.6 is 0 Å². The van der Waals surface area contributed by atoms with Crippen molar-refractivity contribution in [2.45, 2.75) is 234 Å². The molecule has 9 rings (SSSR count). The summed E-state index contributed by atoms with van der Waals surface area (Å²) in [6.07, 6.45) is -21.9. The SMILES string of the molecule is Cc1c(CCC(C)CO[C@@H]2O[C@H](CO)[C@@H](O)[C@H](O)[C@H]2O)cc(C(=O)O)c2c1[C@@]1(C)CC[C@H]3[C@@H](CC=C4C[C@@H](O[C@@H]5O[C@H](CO)[C@@H](OO[C@@H]6O[C@@H](C)[C@H](O)[C@@H](O)[C@H]6O)[C@H](O)[C@H]5OO[C@@H]5O[C@@H](C)[C@H](O)[C@@H](O)[C@H]5O)CC[C@@]43C)[C@@H]1C2. The molecule has 8 aliphatic rings. The molecule has 0 amide bonds. The lowest BCUT2D eigenvalue weighted by Crippen LogP contribution is -2.63. The Morgan fingerprint density at radius 1 is 0.667 bits per heavy atom. The molecule has 0 bridgehead atoms. The molecule has 442 valence electrons. The van der Waals surface area contributed by atoms with Gasteiger partial charge in [0.05, 0.1) is 43.7 Å². The van der Waals surface area contributed by atoms with Crippen LogP contribution in [-0.2, 0) is 66.2 Å². The van der Waals surface area contributed by atoms with E-state index < -0.39 is 148 Å². The molecule has 13 N–H and O–H groups in total. The number of carboxylic acids is 1. The first-order valence-corrected chi connectivity index (χ1v) is 27.6. The summed E-state index contributed by atoms with van der Waals surface area (Å²) in [5.41, 5.74) is 5.04. The van der Waals surface area contributed by atoms with E-state index >= 15 is 0 Å². The maximum atomic E-state index is 13.1. The molecule has 24 heteroatoms. The van der Waals surface area contributed by atoms with Crippen LogP contribution in [0.2, 0.25) is 0 Å². The highest BCUT2D eigenvalue weighted by atomic mass is 17.2. The largest absolute Gasteiger partial charge is 0.478 e. The van der Waals surface area contributed by atoms with Crippen LogP contribution in [0, 0.1) is 36.0 Å². The van der Waals surface area contributed by atoms with E-state index in [-0.39, 0.29) is 41.1 Å². The third-order valence-corrected chi connectivity index (χ3v) is 19.0. The highest BCUT2D eigenvalue weighted by molar-refractivity contribution is 5.91. The number of aromatic carboxylic acids is 1. The Bertz CT molecular complexity index is 2270. The van der Waals surface area contributed by atoms with E-state index in [1.54, 1.807) is 0 Å². The summed E-state index contributed by atoms with van der Waals surface area (Å²) in [4.78, 5) is 35.2. The molecule has 4 aliphatic heterocycles. The first-order valence-electron chi connectivity index (χ1n) is 27.6. The van der Waals surface area contributed by atoms with Gasteiger partial charge in [-0.05, 0) is 141 Å². The Morgan fingerprint density at radius 2 is 1.24 bits per heavy atom. The van der Waals surface area contributed by atoms with Crippen LogP contribution in [0.25, 0.3) is 0 Å². The molecule has 1 unspecified atom stereocenters. The predicted molar refractivity (Wildman–Crippen MR) is 264 cm³/mol. The summed E-state index contributed by atoms with van der Waals surface area (Å²) in [7, 11) is 0. The molecule has 78 heavy (non-hydrogen) atoms. The van der Waals surface area contributed by atoms with Crippen molar-refractivity contribution < 1.29 is 119 Å². The van der Waals surface area contributed by atoms with E-state index in [0.29, 0.717) is 44.1 Å². The molecule has 2 saturated carbocycles. The number of ether oxygens (including phenoxy) is 6. The van der Waals surface area contributed by atoms with Crippen LogP contribution in [-0.4, -0.2) is 221 Å². The smallest absolute Gasteiger partial charge is 0.335 e. The molecular weight excluding hydrogens is 1030 g/mol. The second kappa shape index (κ2) is 24.0. The van der Waals surface area contributed by atoms with Gasteiger partial charge in [0, 0.05) is 0 Å². The van der Waals surface area contributed by atoms with Crippen molar-refractivity contribution in [3.63, 3.8) is 0 Å². The van der Waals surface area contributed by atoms with Gasteiger partial charge in [-0.25, -0.2) is 24.3 Å². The summed E-state index contributed by atoms with van der Waals surface area (Å²) in [6.45, 7) is 10.4. The highest BCUT2D eigenvalue weighted by Gasteiger charge is 2.60. The number of benzene rings is 1. The minimum Gasteiger partial charge on any atom is -0.478 e. The lowest BCUT2D eigenvalue weighted by Gasteiger charge is -2.57. The maximum absolute atomic E-state index is 13.1. The lowest BCUT2D eigenvalue weighted by molar-refractivity contribution is -0.496. The van der Waals surface area contributed by atoms with E-state index in [1.807, 2.05) is 13.0 Å². The van der Waals surface area contributed by atoms with Crippen LogP contribution in [0.5, 0.6) is 0 Å². The zero-order valence-corrected chi connectivity index (χ0v) is 44.9. The van der Waals surface area contributed by atoms with Crippen LogP contribution in [0.15, 0.2) is 17.7 Å². The quantitative estimate of drug-likeness (QED) is 0.0495. The number of carboxylic acid groups (broad SMARTS) is 1. The molecule has 4 saturated heterocycles. The van der Waals surface area contributed by atoms with Gasteiger partial charge in [0.2, 0.25) is 12.6 Å². The van der Waals surface area contributed by atoms with Gasteiger partial charge in [0.1, 0.15) is 73.2 Å². The van der Waals surface area contributed by atoms with Crippen LogP contribution < -0.4 is 0 Å². The minimum atomic E-state index is -1.79. The summed E-state index contributed by atoms with van der Waals surface area (Å²) in [5.74, 6) is -0.351. The molecule has 27 atom stereocenters. The average molecular weight is 1120 g/mol. The molecule has 0 radical (unpaired) electrons. The van der Waals surface area contributed by atoms with Gasteiger partial charge in [0.15, 0.2) is 24.8 Å². The molecule has 0 aromatic heterocycles. The monoisotopic (exact) mass is 1110 g/mol. The van der Waals surface area contributed by atoms with Crippen LogP contribution in [0.4, 0.5) is 0 Å². The Kier molecular flexibility index (Phi) is 18.5. The van der Waals surface area contributed by atoms with Gasteiger partial charge in [-0.3, -0.25) is 0 Å². The first kappa shape index (κ1) is 60.2. The number of fused-ring (bicyclic) bond motifs is 7. The van der Waals surface area contributed by atoms with Crippen molar-refractivity contribution >= 4 is 5.97 Å². The first-order chi connectivity index (χ1) is 36.9. The van der Waals surface area contributed by atoms with E-state index in [9.17, 15) is 71.2 Å². The van der Waals surface area contributed by atoms with E-state index in [2.05, 4.69) is 26.8 Å². The van der Waals surface area contributed by atoms with Gasteiger partial charge in [0.25, 0.3) is 0 Å². The number of aliphatic hydroxyl groups excluding tert-OH is 12. The van der Waals surface area contributed by atoms with Gasteiger partial charge in [-0.15, -0.1) is 0 Å². The summed E-state index contributed by atoms with van der Waals surface area (Å²) < 4.78 is 35.2. The van der Waals surface area contributed by atoms with E-state index in [4.69, 9.17) is 48.0 Å². The van der Waals surface area contributed by atoms with Gasteiger partial charge in [-0.1, -0.05) is 32.4 Å². The zero-order valence-electron chi connectivity index (χ0n) is 44.9. The number of rotatable bonds is 17. The lowest BCUT2D eigenvalue weighted by atomic mass is 9.47. The third-order valence-electron chi connectivity index (χ3n) is 19.0. The van der Waals surface area contributed by atoms with Crippen molar-refractivity contribution in [1.29, 1.82) is 0 Å². The van der Waals surface area contributed by atoms with Gasteiger partial charge in [-0.2, -0.15) is 0 Å². The van der Waals surface area contributed by atoms with Crippen molar-refractivity contribution in [3.8, 4) is 0 Å². The number of aryl methyl sites for hydroxylation is 1. The predicted octanol–water partition coefficient (Wildman–Crippen LogP) is -1.19. The van der Waals surface area contributed by atoms with Crippen molar-refractivity contribution in [2.75, 3.05) is 19.8 Å². The molecule has 4 heterocycles. The Morgan fingerprint density at radius 3 is 1.86 bits per heavy atom. The average Bonchev–Trinajstić information content (AvgIpc) is 4.00. The van der Waals surface area contributed by atoms with Crippen molar-refractivity contribution in [2.24, 2.45) is 29.1 Å². The molecule has 0 spiro atoms. The Balaban J connectivity index is 0.883. The number of allylic oxidation sites excluding steroid dienone is 1. The summed E-state index contributed by atoms with van der Waals surface area (Å²) in [5, 5.41) is 136. The number of hydrogen-bond donors (Lipinski definition) is 13. The minimum absolute atomic E-state index is 0.0677. The van der Waals surface area contributed by atoms with E-state index in [1.165, 1.54) is 19.4 Å². The fraction of sp³-hybridized carbons (Fsp3) is 0.833. The zero-order chi connectivity index (χ0) is 56.4. The summed E-state index contributed by atoms with van der Waals surface area (Å²) in [6, 6.07) is 1.82. The molecule has 1 aromatic carbocycles. The number of aliphatic hydroxyl groups is 12. The molecule has 24 nitrogen and oxygen atoms in total. The molecule has 1 aromatic rings. The van der Waals surface area contributed by atoms with E-state index in [0.717, 1.165) is 41.5 Å². The third kappa shape index (κ3) is 11.1.